The van der Waals surface area contributed by atoms with Crippen LogP contribution < -0.4 is 0 Å². The number of hydrogen-bond donors (Lipinski definition) is 0. The molecular formula is C14H18BNO5. The number of nitro benzene ring substituents is 1. The van der Waals surface area contributed by atoms with Gasteiger partial charge >= 0.3 is 7.12 Å². The van der Waals surface area contributed by atoms with Crippen molar-refractivity contribution in [2.45, 2.75) is 45.2 Å². The van der Waals surface area contributed by atoms with Crippen LogP contribution in [0.4, 0.5) is 5.69 Å². The van der Waals surface area contributed by atoms with E-state index in [1.54, 1.807) is 6.07 Å². The topological polar surface area (TPSA) is 78.7 Å². The molecule has 0 saturated carbocycles. The van der Waals surface area contributed by atoms with E-state index in [-0.39, 0.29) is 17.8 Å². The molecule has 0 unspecified atom stereocenters. The molecule has 21 heavy (non-hydrogen) atoms. The lowest BCUT2D eigenvalue weighted by atomic mass is 9.80. The van der Waals surface area contributed by atoms with Crippen molar-refractivity contribution in [1.29, 1.82) is 0 Å². The van der Waals surface area contributed by atoms with E-state index in [1.165, 1.54) is 18.2 Å². The van der Waals surface area contributed by atoms with Crippen LogP contribution in [0.25, 0.3) is 0 Å². The predicted molar refractivity (Wildman–Crippen MR) is 78.3 cm³/mol. The number of ketones is 1. The number of non-ortho nitro benzene ring substituents is 1. The smallest absolute Gasteiger partial charge is 0.403 e. The molecule has 1 aliphatic rings. The van der Waals surface area contributed by atoms with E-state index in [0.717, 1.165) is 0 Å². The van der Waals surface area contributed by atoms with Gasteiger partial charge < -0.3 is 9.31 Å². The van der Waals surface area contributed by atoms with Gasteiger partial charge in [0.05, 0.1) is 16.1 Å². The summed E-state index contributed by atoms with van der Waals surface area (Å²) in [6, 6.07) is 5.68. The summed E-state index contributed by atoms with van der Waals surface area (Å²) in [6.07, 6.45) is 0.0357. The number of nitro groups is 1. The van der Waals surface area contributed by atoms with Gasteiger partial charge in [-0.15, -0.1) is 0 Å². The molecule has 2 rings (SSSR count). The van der Waals surface area contributed by atoms with Gasteiger partial charge in [-0.25, -0.2) is 0 Å². The summed E-state index contributed by atoms with van der Waals surface area (Å²) in [5.41, 5.74) is -0.810. The van der Waals surface area contributed by atoms with Gasteiger partial charge in [0.25, 0.3) is 5.69 Å². The summed E-state index contributed by atoms with van der Waals surface area (Å²) in [4.78, 5) is 22.4. The Morgan fingerprint density at radius 3 is 2.33 bits per heavy atom. The number of rotatable bonds is 4. The van der Waals surface area contributed by atoms with Crippen molar-refractivity contribution in [1.82, 2.24) is 0 Å². The van der Waals surface area contributed by atoms with Crippen LogP contribution in [0.1, 0.15) is 38.1 Å². The summed E-state index contributed by atoms with van der Waals surface area (Å²) in [6.45, 7) is 7.63. The van der Waals surface area contributed by atoms with Crippen molar-refractivity contribution in [3.05, 3.63) is 39.9 Å². The van der Waals surface area contributed by atoms with Crippen molar-refractivity contribution in [2.24, 2.45) is 0 Å². The molecule has 0 N–H and O–H groups in total. The van der Waals surface area contributed by atoms with Gasteiger partial charge in [0.15, 0.2) is 5.78 Å². The van der Waals surface area contributed by atoms with E-state index in [0.29, 0.717) is 5.56 Å². The van der Waals surface area contributed by atoms with Crippen LogP contribution >= 0.6 is 0 Å². The van der Waals surface area contributed by atoms with E-state index in [9.17, 15) is 14.9 Å². The lowest BCUT2D eigenvalue weighted by molar-refractivity contribution is -0.384. The molecule has 0 aliphatic carbocycles. The van der Waals surface area contributed by atoms with E-state index < -0.39 is 23.2 Å². The van der Waals surface area contributed by atoms with Crippen molar-refractivity contribution >= 4 is 18.6 Å². The van der Waals surface area contributed by atoms with Gasteiger partial charge in [-0.05, 0) is 27.7 Å². The van der Waals surface area contributed by atoms with Gasteiger partial charge in [-0.1, -0.05) is 12.1 Å². The molecule has 0 radical (unpaired) electrons. The first-order valence-electron chi connectivity index (χ1n) is 6.76. The summed E-state index contributed by atoms with van der Waals surface area (Å²) >= 11 is 0. The van der Waals surface area contributed by atoms with Crippen LogP contribution in [-0.2, 0) is 9.31 Å². The second-order valence-electron chi connectivity index (χ2n) is 6.12. The number of carbonyl (C=O) groups is 1. The minimum atomic E-state index is -0.637. The molecule has 1 heterocycles. The van der Waals surface area contributed by atoms with E-state index in [1.807, 2.05) is 27.7 Å². The molecule has 1 aliphatic heterocycles. The highest BCUT2D eigenvalue weighted by Gasteiger charge is 2.51. The Morgan fingerprint density at radius 1 is 1.24 bits per heavy atom. The fourth-order valence-electron chi connectivity index (χ4n) is 2.11. The van der Waals surface area contributed by atoms with Crippen LogP contribution in [0.2, 0.25) is 6.32 Å². The van der Waals surface area contributed by atoms with E-state index >= 15 is 0 Å². The van der Waals surface area contributed by atoms with Crippen LogP contribution in [0.3, 0.4) is 0 Å². The number of hydrogen-bond acceptors (Lipinski definition) is 5. The number of nitrogens with zero attached hydrogens (tertiary/aromatic N) is 1. The Morgan fingerprint density at radius 2 is 1.81 bits per heavy atom. The lowest BCUT2D eigenvalue weighted by Crippen LogP contribution is -2.41. The highest BCUT2D eigenvalue weighted by Crippen LogP contribution is 2.38. The molecule has 1 aromatic carbocycles. The fraction of sp³-hybridized carbons (Fsp3) is 0.500. The Balaban J connectivity index is 2.10. The molecule has 112 valence electrons. The van der Waals surface area contributed by atoms with E-state index in [4.69, 9.17) is 9.31 Å². The highest BCUT2D eigenvalue weighted by molar-refractivity contribution is 6.51. The van der Waals surface area contributed by atoms with Gasteiger partial charge in [-0.3, -0.25) is 14.9 Å². The monoisotopic (exact) mass is 291 g/mol. The Hall–Kier alpha value is -1.73. The second-order valence-corrected chi connectivity index (χ2v) is 6.12. The maximum atomic E-state index is 12.2. The Bertz CT molecular complexity index is 568. The van der Waals surface area contributed by atoms with Crippen LogP contribution in [0.15, 0.2) is 24.3 Å². The van der Waals surface area contributed by atoms with Crippen LogP contribution in [-0.4, -0.2) is 29.0 Å². The molecule has 0 aromatic heterocycles. The SMILES string of the molecule is CC1(C)OB(CC(=O)c2cccc([N+](=O)[O-])c2)OC1(C)C. The molecule has 0 bridgehead atoms. The zero-order valence-corrected chi connectivity index (χ0v) is 12.6. The molecule has 1 saturated heterocycles. The fourth-order valence-corrected chi connectivity index (χ4v) is 2.11. The molecule has 0 spiro atoms. The summed E-state index contributed by atoms with van der Waals surface area (Å²) in [5, 5.41) is 10.7. The summed E-state index contributed by atoms with van der Waals surface area (Å²) < 4.78 is 11.5. The van der Waals surface area contributed by atoms with Crippen molar-refractivity contribution in [3.63, 3.8) is 0 Å². The van der Waals surface area contributed by atoms with Crippen molar-refractivity contribution in [2.75, 3.05) is 0 Å². The minimum absolute atomic E-state index is 0.0357. The third-order valence-electron chi connectivity index (χ3n) is 4.03. The third-order valence-corrected chi connectivity index (χ3v) is 4.03. The zero-order chi connectivity index (χ0) is 15.8. The number of benzene rings is 1. The first-order chi connectivity index (χ1) is 9.62. The molecular weight excluding hydrogens is 273 g/mol. The summed E-state index contributed by atoms with van der Waals surface area (Å²) in [5.74, 6) is -0.239. The second kappa shape index (κ2) is 5.24. The first-order valence-corrected chi connectivity index (χ1v) is 6.76. The van der Waals surface area contributed by atoms with Crippen LogP contribution in [0, 0.1) is 10.1 Å². The largest absolute Gasteiger partial charge is 0.465 e. The Labute approximate surface area is 123 Å². The zero-order valence-electron chi connectivity index (χ0n) is 12.6. The number of carbonyl (C=O) groups excluding carboxylic acids is 1. The standard InChI is InChI=1S/C14H18BNO5/c1-13(2)14(3,4)21-15(20-13)9-12(17)10-6-5-7-11(8-10)16(18)19/h5-8H,9H2,1-4H3. The molecule has 1 fully saturated rings. The van der Waals surface area contributed by atoms with E-state index in [2.05, 4.69) is 0 Å². The maximum absolute atomic E-state index is 12.2. The average Bonchev–Trinajstić information content (AvgIpc) is 2.57. The van der Waals surface area contributed by atoms with Crippen LogP contribution in [0.5, 0.6) is 0 Å². The predicted octanol–water partition coefficient (Wildman–Crippen LogP) is 2.87. The molecule has 1 aromatic rings. The van der Waals surface area contributed by atoms with Gasteiger partial charge in [-0.2, -0.15) is 0 Å². The minimum Gasteiger partial charge on any atom is -0.403 e. The summed E-state index contributed by atoms with van der Waals surface area (Å²) in [7, 11) is -0.637. The van der Waals surface area contributed by atoms with Gasteiger partial charge in [0.2, 0.25) is 0 Å². The molecule has 6 nitrogen and oxygen atoms in total. The van der Waals surface area contributed by atoms with Gasteiger partial charge in [0, 0.05) is 24.0 Å². The average molecular weight is 291 g/mol. The molecule has 0 atom stereocenters. The van der Waals surface area contributed by atoms with Crippen molar-refractivity contribution in [3.8, 4) is 0 Å². The van der Waals surface area contributed by atoms with Gasteiger partial charge in [0.1, 0.15) is 0 Å². The van der Waals surface area contributed by atoms with Crippen molar-refractivity contribution < 1.29 is 19.0 Å². The quantitative estimate of drug-likeness (QED) is 0.369. The highest BCUT2D eigenvalue weighted by atomic mass is 16.7. The molecule has 7 heteroatoms. The normalized spacial score (nSPS) is 19.5. The number of Topliss-reactive ketones (excluding diaryl/α,β-unsaturated/α-hetero) is 1. The Kier molecular flexibility index (Phi) is 3.90. The third kappa shape index (κ3) is 3.14. The molecule has 0 amide bonds. The maximum Gasteiger partial charge on any atom is 0.465 e. The first kappa shape index (κ1) is 15.7. The lowest BCUT2D eigenvalue weighted by Gasteiger charge is -2.32.